The number of aromatic nitrogens is 3. The molecule has 3 aromatic rings. The molecule has 2 aliphatic carbocycles. The number of benzene rings is 1. The quantitative estimate of drug-likeness (QED) is 0.376. The lowest BCUT2D eigenvalue weighted by atomic mass is 9.86. The van der Waals surface area contributed by atoms with Gasteiger partial charge in [-0.25, -0.2) is 22.8 Å². The average Bonchev–Trinajstić information content (AvgIpc) is 3.62. The van der Waals surface area contributed by atoms with Gasteiger partial charge in [-0.1, -0.05) is 12.1 Å². The Morgan fingerprint density at radius 3 is 2.30 bits per heavy atom. The summed E-state index contributed by atoms with van der Waals surface area (Å²) in [7, 11) is -0.676. The minimum absolute atomic E-state index is 0.187. The van der Waals surface area contributed by atoms with E-state index in [0.29, 0.717) is 12.8 Å². The fourth-order valence-electron chi connectivity index (χ4n) is 4.92. The number of thiol groups is 1. The summed E-state index contributed by atoms with van der Waals surface area (Å²) in [6.07, 6.45) is 8.07. The molecule has 0 spiro atoms. The monoisotopic (exact) mass is 632 g/mol. The summed E-state index contributed by atoms with van der Waals surface area (Å²) in [6, 6.07) is 13.1. The average molecular weight is 633 g/mol. The highest BCUT2D eigenvalue weighted by molar-refractivity contribution is 7.85. The topological polar surface area (TPSA) is 104 Å². The van der Waals surface area contributed by atoms with Crippen LogP contribution in [0.15, 0.2) is 55.0 Å². The zero-order valence-corrected chi connectivity index (χ0v) is 25.6. The number of hydrogen-bond acceptors (Lipinski definition) is 7. The number of nitrogens with zero attached hydrogens (tertiary/aromatic N) is 5. The van der Waals surface area contributed by atoms with E-state index in [0.717, 1.165) is 41.4 Å². The third-order valence-corrected chi connectivity index (χ3v) is 8.97. The standard InChI is InChI=1S/C18H17FN4OS.C11H14F2N2O.CH4S/c19-17-2-1-7-20-18(17)23-13-15(12-21-23)14-3-5-16(6-4-14)22-8-10-25(24)11-9-22;12-11(13)3-1-8(2-4-11)9(16)15-10(7-14)5-6-10;1-2/h1-7,12-13H,8-11H2;8H,1-6H2,(H,15,16);2H,1H3. The van der Waals surface area contributed by atoms with Crippen LogP contribution in [0, 0.1) is 23.1 Å². The van der Waals surface area contributed by atoms with Crippen LogP contribution in [0.5, 0.6) is 0 Å². The molecule has 13 heteroatoms. The molecular formula is C30H35F3N6O2S2. The highest BCUT2D eigenvalue weighted by Crippen LogP contribution is 2.38. The van der Waals surface area contributed by atoms with E-state index in [9.17, 15) is 22.2 Å². The molecule has 8 nitrogen and oxygen atoms in total. The van der Waals surface area contributed by atoms with Gasteiger partial charge in [0.15, 0.2) is 11.6 Å². The van der Waals surface area contributed by atoms with Crippen molar-refractivity contribution in [1.29, 1.82) is 5.26 Å². The Morgan fingerprint density at radius 1 is 1.07 bits per heavy atom. The predicted octanol–water partition coefficient (Wildman–Crippen LogP) is 5.17. The van der Waals surface area contributed by atoms with Gasteiger partial charge >= 0.3 is 0 Å². The number of hydrogen-bond donors (Lipinski definition) is 2. The molecule has 3 heterocycles. The van der Waals surface area contributed by atoms with Crippen molar-refractivity contribution in [2.45, 2.75) is 50.0 Å². The molecule has 0 unspecified atom stereocenters. The molecule has 3 aliphatic rings. The summed E-state index contributed by atoms with van der Waals surface area (Å²) in [4.78, 5) is 18.0. The van der Waals surface area contributed by atoms with Crippen molar-refractivity contribution in [2.75, 3.05) is 35.8 Å². The Bertz CT molecular complexity index is 1440. The number of amides is 1. The Balaban J connectivity index is 0.000000203. The molecular weight excluding hydrogens is 597 g/mol. The maximum absolute atomic E-state index is 13.8. The Labute approximate surface area is 257 Å². The van der Waals surface area contributed by atoms with Gasteiger partial charge in [-0.2, -0.15) is 23.0 Å². The number of rotatable bonds is 5. The van der Waals surface area contributed by atoms with E-state index in [-0.39, 0.29) is 43.3 Å². The third kappa shape index (κ3) is 8.60. The van der Waals surface area contributed by atoms with Gasteiger partial charge < -0.3 is 10.2 Å². The molecule has 0 atom stereocenters. The van der Waals surface area contributed by atoms with Crippen LogP contribution in [-0.2, 0) is 15.6 Å². The second-order valence-corrected chi connectivity index (χ2v) is 12.4. The van der Waals surface area contributed by atoms with Crippen molar-refractivity contribution in [3.63, 3.8) is 0 Å². The summed E-state index contributed by atoms with van der Waals surface area (Å²) < 4.78 is 52.5. The van der Waals surface area contributed by atoms with E-state index in [1.807, 2.05) is 12.1 Å². The van der Waals surface area contributed by atoms with Crippen LogP contribution in [-0.4, -0.2) is 67.2 Å². The normalized spacial score (nSPS) is 19.1. The lowest BCUT2D eigenvalue weighted by Crippen LogP contribution is -2.42. The molecule has 1 amide bonds. The molecule has 1 saturated heterocycles. The van der Waals surface area contributed by atoms with Gasteiger partial charge in [-0.05, 0) is 61.8 Å². The van der Waals surface area contributed by atoms with Gasteiger partial charge in [-0.3, -0.25) is 9.00 Å². The zero-order chi connectivity index (χ0) is 31.0. The van der Waals surface area contributed by atoms with Gasteiger partial charge in [0.05, 0.1) is 12.3 Å². The van der Waals surface area contributed by atoms with Crippen LogP contribution in [0.3, 0.4) is 0 Å². The number of alkyl halides is 2. The number of carbonyl (C=O) groups excluding carboxylic acids is 1. The van der Waals surface area contributed by atoms with Crippen LogP contribution in [0.1, 0.15) is 38.5 Å². The van der Waals surface area contributed by atoms with Gasteiger partial charge in [0.1, 0.15) is 5.54 Å². The fourth-order valence-corrected chi connectivity index (χ4v) is 5.98. The van der Waals surface area contributed by atoms with E-state index >= 15 is 0 Å². The summed E-state index contributed by atoms with van der Waals surface area (Å²) in [5.41, 5.74) is 2.35. The first-order valence-corrected chi connectivity index (χ1v) is 16.5. The van der Waals surface area contributed by atoms with Crippen molar-refractivity contribution in [1.82, 2.24) is 20.1 Å². The second-order valence-electron chi connectivity index (χ2n) is 10.7. The lowest BCUT2D eigenvalue weighted by molar-refractivity contribution is -0.129. The zero-order valence-electron chi connectivity index (χ0n) is 23.9. The van der Waals surface area contributed by atoms with Crippen LogP contribution in [0.4, 0.5) is 18.9 Å². The highest BCUT2D eigenvalue weighted by Gasteiger charge is 2.46. The smallest absolute Gasteiger partial charge is 0.248 e. The minimum atomic E-state index is -2.61. The number of nitrogens with one attached hydrogen (secondary N) is 1. The number of halogens is 3. The molecule has 1 aliphatic heterocycles. The van der Waals surface area contributed by atoms with Crippen LogP contribution < -0.4 is 10.2 Å². The number of carbonyl (C=O) groups is 1. The Hall–Kier alpha value is -3.37. The summed E-state index contributed by atoms with van der Waals surface area (Å²) in [5.74, 6) is -1.95. The van der Waals surface area contributed by atoms with E-state index in [1.54, 1.807) is 30.9 Å². The maximum atomic E-state index is 13.8. The van der Waals surface area contributed by atoms with Crippen LogP contribution >= 0.6 is 12.6 Å². The van der Waals surface area contributed by atoms with E-state index < -0.39 is 28.1 Å². The fraction of sp³-hybridized carbons (Fsp3) is 0.467. The summed E-state index contributed by atoms with van der Waals surface area (Å²) >= 11 is 3.53. The number of pyridine rings is 1. The first-order chi connectivity index (χ1) is 20.7. The third-order valence-electron chi connectivity index (χ3n) is 7.70. The molecule has 43 heavy (non-hydrogen) atoms. The predicted molar refractivity (Wildman–Crippen MR) is 164 cm³/mol. The lowest BCUT2D eigenvalue weighted by Gasteiger charge is -2.28. The molecule has 1 aromatic carbocycles. The van der Waals surface area contributed by atoms with Crippen molar-refractivity contribution >= 4 is 35.0 Å². The van der Waals surface area contributed by atoms with Gasteiger partial charge in [-0.15, -0.1) is 0 Å². The SMILES string of the molecule is CS.N#CC1(NC(=O)C2CCC(F)(F)CC2)CC1.O=S1CCN(c2ccc(-c3cnn(-c4ncccc4F)c3)cc2)CC1. The molecule has 6 rings (SSSR count). The van der Waals surface area contributed by atoms with E-state index in [1.165, 1.54) is 10.7 Å². The van der Waals surface area contributed by atoms with Crippen molar-refractivity contribution in [3.05, 3.63) is 60.8 Å². The minimum Gasteiger partial charge on any atom is -0.370 e. The number of nitriles is 1. The van der Waals surface area contributed by atoms with Crippen LogP contribution in [0.2, 0.25) is 0 Å². The first-order valence-electron chi connectivity index (χ1n) is 14.1. The van der Waals surface area contributed by atoms with Crippen molar-refractivity contribution < 1.29 is 22.2 Å². The Morgan fingerprint density at radius 2 is 1.72 bits per heavy atom. The van der Waals surface area contributed by atoms with E-state index in [4.69, 9.17) is 5.26 Å². The molecule has 0 bridgehead atoms. The molecule has 3 fully saturated rings. The van der Waals surface area contributed by atoms with Crippen molar-refractivity contribution in [3.8, 4) is 23.0 Å². The van der Waals surface area contributed by atoms with E-state index in [2.05, 4.69) is 51.1 Å². The van der Waals surface area contributed by atoms with Crippen molar-refractivity contribution in [2.24, 2.45) is 5.92 Å². The molecule has 1 N–H and O–H groups in total. The second kappa shape index (κ2) is 14.4. The van der Waals surface area contributed by atoms with Gasteiger partial charge in [0.2, 0.25) is 11.8 Å². The first kappa shape index (κ1) is 32.5. The Kier molecular flexibility index (Phi) is 10.9. The van der Waals surface area contributed by atoms with Gasteiger partial charge in [0.25, 0.3) is 0 Å². The largest absolute Gasteiger partial charge is 0.370 e. The van der Waals surface area contributed by atoms with Crippen LogP contribution in [0.25, 0.3) is 16.9 Å². The number of anilines is 1. The molecule has 230 valence electrons. The maximum Gasteiger partial charge on any atom is 0.248 e. The molecule has 0 radical (unpaired) electrons. The summed E-state index contributed by atoms with van der Waals surface area (Å²) in [5, 5.41) is 15.7. The summed E-state index contributed by atoms with van der Waals surface area (Å²) in [6.45, 7) is 1.64. The molecule has 2 saturated carbocycles. The molecule has 2 aromatic heterocycles. The van der Waals surface area contributed by atoms with Gasteiger partial charge in [0, 0.05) is 77.8 Å². The highest BCUT2D eigenvalue weighted by atomic mass is 32.2.